The molecule has 2 aliphatic heterocycles. The Kier molecular flexibility index (Phi) is 5.34. The number of hydrogen-bond donors (Lipinski definition) is 2. The number of nitrogens with one attached hydrogen (secondary N) is 2. The minimum atomic E-state index is 0.130. The van der Waals surface area contributed by atoms with E-state index in [-0.39, 0.29) is 11.1 Å². The summed E-state index contributed by atoms with van der Waals surface area (Å²) in [5.41, 5.74) is 3.54. The monoisotopic (exact) mass is 398 g/mol. The van der Waals surface area contributed by atoms with E-state index in [1.807, 2.05) is 17.8 Å². The number of fused-ring (bicyclic) bond motifs is 1. The second-order valence-corrected chi connectivity index (χ2v) is 9.77. The molecule has 0 atom stereocenters. The largest absolute Gasteiger partial charge is 0.490 e. The molecular weight excluding hydrogens is 364 g/mol. The molecule has 1 aromatic carbocycles. The third-order valence-electron chi connectivity index (χ3n) is 5.70. The predicted octanol–water partition coefficient (Wildman–Crippen LogP) is 3.65. The first kappa shape index (κ1) is 20.2. The third-order valence-corrected chi connectivity index (χ3v) is 5.70. The number of nitrogens with zero attached hydrogens (tertiary/aromatic N) is 2. The fourth-order valence-corrected chi connectivity index (χ4v) is 4.94. The van der Waals surface area contributed by atoms with Crippen LogP contribution in [0.1, 0.15) is 52.5 Å². The molecule has 0 spiro atoms. The molecule has 6 nitrogen and oxygen atoms in total. The van der Waals surface area contributed by atoms with E-state index in [4.69, 9.17) is 14.6 Å². The molecule has 0 aliphatic carbocycles. The molecule has 158 valence electrons. The maximum atomic E-state index is 5.88. The summed E-state index contributed by atoms with van der Waals surface area (Å²) in [4.78, 5) is 0. The van der Waals surface area contributed by atoms with Crippen molar-refractivity contribution in [3.63, 3.8) is 0 Å². The average molecular weight is 399 g/mol. The van der Waals surface area contributed by atoms with E-state index in [1.54, 1.807) is 0 Å². The van der Waals surface area contributed by atoms with Crippen molar-refractivity contribution >= 4 is 0 Å². The van der Waals surface area contributed by atoms with Crippen molar-refractivity contribution in [2.45, 2.75) is 70.6 Å². The number of benzene rings is 1. The van der Waals surface area contributed by atoms with E-state index in [1.165, 1.54) is 5.56 Å². The maximum Gasteiger partial charge on any atom is 0.161 e. The SMILES string of the molecule is Cn1cc(CNC2CC(C)(C)NC(C)(C)C2)c(-c2ccc3c(c2)OCCCO3)n1. The van der Waals surface area contributed by atoms with Gasteiger partial charge in [0.05, 0.1) is 18.9 Å². The van der Waals surface area contributed by atoms with E-state index in [2.05, 4.69) is 56.7 Å². The van der Waals surface area contributed by atoms with Crippen LogP contribution in [0.4, 0.5) is 0 Å². The zero-order valence-corrected chi connectivity index (χ0v) is 18.3. The summed E-state index contributed by atoms with van der Waals surface area (Å²) in [6, 6.07) is 6.61. The lowest BCUT2D eigenvalue weighted by molar-refractivity contribution is 0.145. The van der Waals surface area contributed by atoms with Crippen LogP contribution in [-0.4, -0.2) is 40.1 Å². The van der Waals surface area contributed by atoms with Gasteiger partial charge in [-0.05, 0) is 58.7 Å². The quantitative estimate of drug-likeness (QED) is 0.823. The minimum Gasteiger partial charge on any atom is -0.490 e. The highest BCUT2D eigenvalue weighted by Crippen LogP contribution is 2.35. The van der Waals surface area contributed by atoms with E-state index >= 15 is 0 Å². The molecule has 0 saturated carbocycles. The van der Waals surface area contributed by atoms with Gasteiger partial charge in [-0.1, -0.05) is 0 Å². The van der Waals surface area contributed by atoms with E-state index in [0.29, 0.717) is 19.3 Å². The molecular formula is C23H34N4O2. The third kappa shape index (κ3) is 4.75. The van der Waals surface area contributed by atoms with Crippen LogP contribution in [0.5, 0.6) is 11.5 Å². The number of ether oxygens (including phenoxy) is 2. The first-order chi connectivity index (χ1) is 13.7. The van der Waals surface area contributed by atoms with Gasteiger partial charge in [-0.3, -0.25) is 4.68 Å². The van der Waals surface area contributed by atoms with E-state index < -0.39 is 0 Å². The Morgan fingerprint density at radius 1 is 1.10 bits per heavy atom. The normalized spacial score (nSPS) is 21.0. The van der Waals surface area contributed by atoms with Gasteiger partial charge in [0.25, 0.3) is 0 Å². The summed E-state index contributed by atoms with van der Waals surface area (Å²) < 4.78 is 13.5. The molecule has 1 fully saturated rings. The van der Waals surface area contributed by atoms with Crippen LogP contribution >= 0.6 is 0 Å². The van der Waals surface area contributed by atoms with E-state index in [9.17, 15) is 0 Å². The molecule has 4 rings (SSSR count). The molecule has 2 aromatic rings. The van der Waals surface area contributed by atoms with Gasteiger partial charge in [0.15, 0.2) is 11.5 Å². The Hall–Kier alpha value is -2.05. The van der Waals surface area contributed by atoms with Crippen LogP contribution in [0.25, 0.3) is 11.3 Å². The van der Waals surface area contributed by atoms with Gasteiger partial charge in [0.2, 0.25) is 0 Å². The van der Waals surface area contributed by atoms with Crippen molar-refractivity contribution < 1.29 is 9.47 Å². The summed E-state index contributed by atoms with van der Waals surface area (Å²) in [5, 5.41) is 12.3. The fraction of sp³-hybridized carbons (Fsp3) is 0.609. The van der Waals surface area contributed by atoms with Gasteiger partial charge >= 0.3 is 0 Å². The lowest BCUT2D eigenvalue weighted by Gasteiger charge is -2.46. The Labute approximate surface area is 174 Å². The van der Waals surface area contributed by atoms with Crippen molar-refractivity contribution in [1.29, 1.82) is 0 Å². The lowest BCUT2D eigenvalue weighted by Crippen LogP contribution is -2.61. The van der Waals surface area contributed by atoms with Crippen molar-refractivity contribution in [3.05, 3.63) is 30.0 Å². The molecule has 2 N–H and O–H groups in total. The zero-order valence-electron chi connectivity index (χ0n) is 18.3. The molecule has 6 heteroatoms. The summed E-state index contributed by atoms with van der Waals surface area (Å²) in [7, 11) is 1.98. The van der Waals surface area contributed by atoms with Crippen LogP contribution in [-0.2, 0) is 13.6 Å². The molecule has 29 heavy (non-hydrogen) atoms. The second kappa shape index (κ2) is 7.65. The second-order valence-electron chi connectivity index (χ2n) is 9.77. The minimum absolute atomic E-state index is 0.130. The highest BCUT2D eigenvalue weighted by molar-refractivity contribution is 5.66. The van der Waals surface area contributed by atoms with Gasteiger partial charge in [-0.15, -0.1) is 0 Å². The summed E-state index contributed by atoms with van der Waals surface area (Å²) >= 11 is 0. The molecule has 0 bridgehead atoms. The van der Waals surface area contributed by atoms with Crippen LogP contribution < -0.4 is 20.1 Å². The molecule has 0 radical (unpaired) electrons. The standard InChI is InChI=1S/C23H34N4O2/c1-22(2)12-18(13-23(3,4)26-22)24-14-17-15-27(5)25-21(17)16-7-8-19-20(11-16)29-10-6-9-28-19/h7-8,11,15,18,24,26H,6,9-10,12-14H2,1-5H3. The Bertz CT molecular complexity index is 856. The van der Waals surface area contributed by atoms with Gasteiger partial charge in [-0.25, -0.2) is 0 Å². The maximum absolute atomic E-state index is 5.88. The molecule has 1 aromatic heterocycles. The number of aryl methyl sites for hydroxylation is 1. The number of hydrogen-bond acceptors (Lipinski definition) is 5. The van der Waals surface area contributed by atoms with Crippen molar-refractivity contribution in [2.24, 2.45) is 7.05 Å². The topological polar surface area (TPSA) is 60.3 Å². The molecule has 0 amide bonds. The van der Waals surface area contributed by atoms with Gasteiger partial charge in [0.1, 0.15) is 0 Å². The number of piperidine rings is 1. The van der Waals surface area contributed by atoms with Crippen molar-refractivity contribution in [2.75, 3.05) is 13.2 Å². The van der Waals surface area contributed by atoms with E-state index in [0.717, 1.165) is 48.6 Å². The molecule has 0 unspecified atom stereocenters. The Balaban J connectivity index is 1.53. The molecule has 2 aliphatic rings. The van der Waals surface area contributed by atoms with Crippen LogP contribution in [0, 0.1) is 0 Å². The summed E-state index contributed by atoms with van der Waals surface area (Å²) in [6.45, 7) is 11.3. The van der Waals surface area contributed by atoms with Gasteiger partial charge < -0.3 is 20.1 Å². The first-order valence-electron chi connectivity index (χ1n) is 10.7. The van der Waals surface area contributed by atoms with Crippen molar-refractivity contribution in [1.82, 2.24) is 20.4 Å². The van der Waals surface area contributed by atoms with Gasteiger partial charge in [0, 0.05) is 54.5 Å². The fourth-order valence-electron chi connectivity index (χ4n) is 4.94. The van der Waals surface area contributed by atoms with Gasteiger partial charge in [-0.2, -0.15) is 5.10 Å². The number of aromatic nitrogens is 2. The Morgan fingerprint density at radius 3 is 2.52 bits per heavy atom. The summed E-state index contributed by atoms with van der Waals surface area (Å²) in [6.07, 6.45) is 5.24. The molecule has 3 heterocycles. The smallest absolute Gasteiger partial charge is 0.161 e. The first-order valence-corrected chi connectivity index (χ1v) is 10.7. The predicted molar refractivity (Wildman–Crippen MR) is 115 cm³/mol. The Morgan fingerprint density at radius 2 is 1.79 bits per heavy atom. The number of rotatable bonds is 4. The highest BCUT2D eigenvalue weighted by Gasteiger charge is 2.37. The molecule has 1 saturated heterocycles. The van der Waals surface area contributed by atoms with Crippen molar-refractivity contribution in [3.8, 4) is 22.8 Å². The lowest BCUT2D eigenvalue weighted by atomic mass is 9.79. The zero-order chi connectivity index (χ0) is 20.6. The average Bonchev–Trinajstić information content (AvgIpc) is 2.83. The van der Waals surface area contributed by atoms with Crippen LogP contribution in [0.2, 0.25) is 0 Å². The highest BCUT2D eigenvalue weighted by atomic mass is 16.5. The summed E-state index contributed by atoms with van der Waals surface area (Å²) in [5.74, 6) is 1.63. The van der Waals surface area contributed by atoms with Crippen LogP contribution in [0.3, 0.4) is 0 Å². The van der Waals surface area contributed by atoms with Crippen LogP contribution in [0.15, 0.2) is 24.4 Å².